The molecule has 108 valence electrons. The molecule has 5 heteroatoms. The second-order valence-corrected chi connectivity index (χ2v) is 5.13. The normalized spacial score (nSPS) is 12.8. The lowest BCUT2D eigenvalue weighted by atomic mass is 10.0. The molecular formula is C15H20FN3O. The van der Waals surface area contributed by atoms with Crippen LogP contribution < -0.4 is 5.32 Å². The van der Waals surface area contributed by atoms with Crippen LogP contribution in [0.1, 0.15) is 26.7 Å². The molecule has 1 atom stereocenters. The Kier molecular flexibility index (Phi) is 4.84. The third-order valence-electron chi connectivity index (χ3n) is 3.22. The highest BCUT2D eigenvalue weighted by atomic mass is 19.1. The van der Waals surface area contributed by atoms with Crippen molar-refractivity contribution in [2.24, 2.45) is 5.92 Å². The molecule has 0 saturated carbocycles. The Labute approximate surface area is 118 Å². The fourth-order valence-electron chi connectivity index (χ4n) is 2.08. The summed E-state index contributed by atoms with van der Waals surface area (Å²) in [7, 11) is 0. The van der Waals surface area contributed by atoms with Gasteiger partial charge in [-0.1, -0.05) is 38.1 Å². The van der Waals surface area contributed by atoms with Gasteiger partial charge in [0.05, 0.1) is 0 Å². The van der Waals surface area contributed by atoms with E-state index in [1.54, 1.807) is 12.1 Å². The van der Waals surface area contributed by atoms with E-state index in [1.807, 2.05) is 0 Å². The van der Waals surface area contributed by atoms with Crippen LogP contribution >= 0.6 is 0 Å². The summed E-state index contributed by atoms with van der Waals surface area (Å²) in [4.78, 5) is 4.34. The molecule has 0 aliphatic carbocycles. The molecule has 1 aromatic heterocycles. The monoisotopic (exact) mass is 277 g/mol. The third-order valence-corrected chi connectivity index (χ3v) is 3.22. The first-order chi connectivity index (χ1) is 9.60. The van der Waals surface area contributed by atoms with Crippen LogP contribution in [0, 0.1) is 11.7 Å². The first kappa shape index (κ1) is 14.7. The maximum Gasteiger partial charge on any atom is 0.228 e. The molecule has 1 heterocycles. The van der Waals surface area contributed by atoms with Gasteiger partial charge in [0.15, 0.2) is 0 Å². The number of aromatic nitrogens is 2. The van der Waals surface area contributed by atoms with Crippen molar-refractivity contribution >= 4 is 0 Å². The van der Waals surface area contributed by atoms with E-state index in [0.29, 0.717) is 35.7 Å². The smallest absolute Gasteiger partial charge is 0.228 e. The molecule has 4 nitrogen and oxygen atoms in total. The number of likely N-dealkylation sites (N-methyl/N-ethyl adjacent to an activating group) is 1. The molecule has 2 aromatic rings. The highest BCUT2D eigenvalue weighted by molar-refractivity contribution is 5.53. The van der Waals surface area contributed by atoms with Crippen LogP contribution in [-0.4, -0.2) is 22.7 Å². The van der Waals surface area contributed by atoms with Gasteiger partial charge in [0, 0.05) is 18.0 Å². The second-order valence-electron chi connectivity index (χ2n) is 5.13. The van der Waals surface area contributed by atoms with E-state index in [1.165, 1.54) is 12.1 Å². The van der Waals surface area contributed by atoms with Crippen LogP contribution in [0.25, 0.3) is 11.4 Å². The standard InChI is InChI=1S/C15H20FN3O/c1-4-17-13(10(2)3)9-14-18-15(19-20-14)11-6-5-7-12(16)8-11/h5-8,10,13,17H,4,9H2,1-3H3. The number of nitrogens with zero attached hydrogens (tertiary/aromatic N) is 2. The SMILES string of the molecule is CCNC(Cc1nc(-c2cccc(F)c2)no1)C(C)C. The quantitative estimate of drug-likeness (QED) is 0.881. The van der Waals surface area contributed by atoms with E-state index in [9.17, 15) is 4.39 Å². The zero-order valence-corrected chi connectivity index (χ0v) is 12.1. The summed E-state index contributed by atoms with van der Waals surface area (Å²) in [6, 6.07) is 6.49. The van der Waals surface area contributed by atoms with Gasteiger partial charge >= 0.3 is 0 Å². The molecule has 1 aromatic carbocycles. The van der Waals surface area contributed by atoms with Crippen LogP contribution in [0.15, 0.2) is 28.8 Å². The van der Waals surface area contributed by atoms with Crippen LogP contribution in [0.4, 0.5) is 4.39 Å². The van der Waals surface area contributed by atoms with Crippen LogP contribution in [0.5, 0.6) is 0 Å². The summed E-state index contributed by atoms with van der Waals surface area (Å²) in [5, 5.41) is 7.32. The maximum atomic E-state index is 13.2. The summed E-state index contributed by atoms with van der Waals surface area (Å²) in [5.74, 6) is 1.17. The van der Waals surface area contributed by atoms with Crippen molar-refractivity contribution in [2.45, 2.75) is 33.2 Å². The zero-order valence-electron chi connectivity index (χ0n) is 12.1. The molecule has 0 aliphatic rings. The van der Waals surface area contributed by atoms with Gasteiger partial charge in [0.25, 0.3) is 0 Å². The second kappa shape index (κ2) is 6.61. The number of hydrogen-bond acceptors (Lipinski definition) is 4. The minimum Gasteiger partial charge on any atom is -0.339 e. The fraction of sp³-hybridized carbons (Fsp3) is 0.467. The predicted octanol–water partition coefficient (Wildman–Crippen LogP) is 3.05. The molecule has 2 rings (SSSR count). The van der Waals surface area contributed by atoms with Gasteiger partial charge in [-0.3, -0.25) is 0 Å². The van der Waals surface area contributed by atoms with E-state index in [-0.39, 0.29) is 5.82 Å². The maximum absolute atomic E-state index is 13.2. The molecule has 0 radical (unpaired) electrons. The summed E-state index contributed by atoms with van der Waals surface area (Å²) >= 11 is 0. The Bertz CT molecular complexity index is 554. The van der Waals surface area contributed by atoms with Gasteiger partial charge in [-0.25, -0.2) is 4.39 Å². The lowest BCUT2D eigenvalue weighted by molar-refractivity contribution is 0.329. The highest BCUT2D eigenvalue weighted by Crippen LogP contribution is 2.18. The van der Waals surface area contributed by atoms with Crippen molar-refractivity contribution in [3.8, 4) is 11.4 Å². The van der Waals surface area contributed by atoms with Crippen molar-refractivity contribution in [1.29, 1.82) is 0 Å². The molecule has 0 amide bonds. The minimum absolute atomic E-state index is 0.292. The van der Waals surface area contributed by atoms with Crippen molar-refractivity contribution in [2.75, 3.05) is 6.54 Å². The van der Waals surface area contributed by atoms with E-state index < -0.39 is 0 Å². The number of hydrogen-bond donors (Lipinski definition) is 1. The average molecular weight is 277 g/mol. The third kappa shape index (κ3) is 3.63. The largest absolute Gasteiger partial charge is 0.339 e. The summed E-state index contributed by atoms with van der Waals surface area (Å²) in [5.41, 5.74) is 0.629. The predicted molar refractivity (Wildman–Crippen MR) is 75.7 cm³/mol. The molecule has 0 aliphatic heterocycles. The topological polar surface area (TPSA) is 51.0 Å². The number of nitrogens with one attached hydrogen (secondary N) is 1. The van der Waals surface area contributed by atoms with E-state index in [4.69, 9.17) is 4.52 Å². The highest BCUT2D eigenvalue weighted by Gasteiger charge is 2.17. The first-order valence-electron chi connectivity index (χ1n) is 6.92. The van der Waals surface area contributed by atoms with Crippen LogP contribution in [0.3, 0.4) is 0 Å². The molecule has 1 N–H and O–H groups in total. The minimum atomic E-state index is -0.304. The summed E-state index contributed by atoms with van der Waals surface area (Å²) in [6.45, 7) is 7.27. The number of rotatable bonds is 6. The lowest BCUT2D eigenvalue weighted by Gasteiger charge is -2.19. The van der Waals surface area contributed by atoms with Crippen molar-refractivity contribution in [3.63, 3.8) is 0 Å². The Morgan fingerprint density at radius 2 is 2.15 bits per heavy atom. The first-order valence-corrected chi connectivity index (χ1v) is 6.92. The Morgan fingerprint density at radius 1 is 1.35 bits per heavy atom. The molecule has 0 saturated heterocycles. The molecule has 0 spiro atoms. The van der Waals surface area contributed by atoms with Crippen molar-refractivity contribution < 1.29 is 8.91 Å². The van der Waals surface area contributed by atoms with Gasteiger partial charge in [-0.2, -0.15) is 4.98 Å². The number of halogens is 1. The zero-order chi connectivity index (χ0) is 14.5. The van der Waals surface area contributed by atoms with E-state index in [0.717, 1.165) is 6.54 Å². The average Bonchev–Trinajstić information content (AvgIpc) is 2.87. The Hall–Kier alpha value is -1.75. The van der Waals surface area contributed by atoms with Gasteiger partial charge in [0.2, 0.25) is 11.7 Å². The molecule has 0 bridgehead atoms. The van der Waals surface area contributed by atoms with Crippen LogP contribution in [-0.2, 0) is 6.42 Å². The van der Waals surface area contributed by atoms with Gasteiger partial charge in [-0.15, -0.1) is 0 Å². The molecule has 1 unspecified atom stereocenters. The Balaban J connectivity index is 2.12. The van der Waals surface area contributed by atoms with Crippen LogP contribution in [0.2, 0.25) is 0 Å². The molecular weight excluding hydrogens is 257 g/mol. The fourth-order valence-corrected chi connectivity index (χ4v) is 2.08. The van der Waals surface area contributed by atoms with E-state index >= 15 is 0 Å². The summed E-state index contributed by atoms with van der Waals surface area (Å²) < 4.78 is 18.4. The summed E-state index contributed by atoms with van der Waals surface area (Å²) in [6.07, 6.45) is 0.674. The number of benzene rings is 1. The van der Waals surface area contributed by atoms with Gasteiger partial charge < -0.3 is 9.84 Å². The lowest BCUT2D eigenvalue weighted by Crippen LogP contribution is -2.35. The molecule has 0 fully saturated rings. The van der Waals surface area contributed by atoms with Gasteiger partial charge in [-0.05, 0) is 24.6 Å². The van der Waals surface area contributed by atoms with Crippen molar-refractivity contribution in [1.82, 2.24) is 15.5 Å². The van der Waals surface area contributed by atoms with E-state index in [2.05, 4.69) is 36.2 Å². The molecule has 20 heavy (non-hydrogen) atoms. The van der Waals surface area contributed by atoms with Crippen molar-refractivity contribution in [3.05, 3.63) is 36.0 Å². The van der Waals surface area contributed by atoms with Gasteiger partial charge in [0.1, 0.15) is 5.82 Å². The Morgan fingerprint density at radius 3 is 2.80 bits per heavy atom.